The molecule has 0 aliphatic heterocycles. The Hall–Kier alpha value is -0.870. The van der Waals surface area contributed by atoms with Gasteiger partial charge >= 0.3 is 0 Å². The fraction of sp³-hybridized carbons (Fsp3) is 0.769. The number of aryl methyl sites for hydroxylation is 1. The molecule has 0 aliphatic rings. The van der Waals surface area contributed by atoms with Crippen molar-refractivity contribution >= 4 is 0 Å². The van der Waals surface area contributed by atoms with Crippen LogP contribution >= 0.6 is 0 Å². The summed E-state index contributed by atoms with van der Waals surface area (Å²) >= 11 is 0. The molecular weight excluding hydrogens is 214 g/mol. The topological polar surface area (TPSA) is 39.1 Å². The smallest absolute Gasteiger partial charge is 0.0640 e. The van der Waals surface area contributed by atoms with Crippen LogP contribution in [-0.4, -0.2) is 29.5 Å². The first-order valence-electron chi connectivity index (χ1n) is 6.27. The van der Waals surface area contributed by atoms with Crippen LogP contribution in [0.2, 0.25) is 0 Å². The summed E-state index contributed by atoms with van der Waals surface area (Å²) in [5, 5.41) is 7.70. The van der Waals surface area contributed by atoms with Gasteiger partial charge in [0.25, 0.3) is 0 Å². The third-order valence-corrected chi connectivity index (χ3v) is 3.11. The van der Waals surface area contributed by atoms with Crippen molar-refractivity contribution in [3.63, 3.8) is 0 Å². The molecule has 0 aromatic carbocycles. The normalized spacial score (nSPS) is 13.9. The van der Waals surface area contributed by atoms with Crippen LogP contribution in [0.5, 0.6) is 0 Å². The second-order valence-electron chi connectivity index (χ2n) is 5.05. The highest BCUT2D eigenvalue weighted by atomic mass is 16.5. The van der Waals surface area contributed by atoms with Crippen molar-refractivity contribution in [2.75, 3.05) is 14.2 Å². The summed E-state index contributed by atoms with van der Waals surface area (Å²) in [4.78, 5) is 0. The Bertz CT molecular complexity index is 333. The van der Waals surface area contributed by atoms with Crippen LogP contribution in [-0.2, 0) is 11.3 Å². The zero-order valence-corrected chi connectivity index (χ0v) is 11.7. The highest BCUT2D eigenvalue weighted by Crippen LogP contribution is 2.25. The van der Waals surface area contributed by atoms with Gasteiger partial charge in [0.15, 0.2) is 0 Å². The SMILES string of the molecule is CCCn1cc(C(CC(C)(C)OC)NC)cn1. The first-order chi connectivity index (χ1) is 8.02. The molecule has 0 spiro atoms. The summed E-state index contributed by atoms with van der Waals surface area (Å²) in [6, 6.07) is 0.288. The van der Waals surface area contributed by atoms with Gasteiger partial charge in [-0.1, -0.05) is 6.92 Å². The molecule has 0 amide bonds. The van der Waals surface area contributed by atoms with Crippen LogP contribution in [0.25, 0.3) is 0 Å². The summed E-state index contributed by atoms with van der Waals surface area (Å²) in [6.07, 6.45) is 6.10. The van der Waals surface area contributed by atoms with Crippen molar-refractivity contribution in [2.24, 2.45) is 0 Å². The Kier molecular flexibility index (Phi) is 5.15. The quantitative estimate of drug-likeness (QED) is 0.794. The van der Waals surface area contributed by atoms with Crippen molar-refractivity contribution in [1.82, 2.24) is 15.1 Å². The summed E-state index contributed by atoms with van der Waals surface area (Å²) in [5.41, 5.74) is 1.10. The van der Waals surface area contributed by atoms with Crippen LogP contribution in [0.3, 0.4) is 0 Å². The fourth-order valence-electron chi connectivity index (χ4n) is 1.87. The van der Waals surface area contributed by atoms with E-state index >= 15 is 0 Å². The number of aromatic nitrogens is 2. The Morgan fingerprint density at radius 2 is 2.24 bits per heavy atom. The minimum absolute atomic E-state index is 0.124. The first-order valence-corrected chi connectivity index (χ1v) is 6.27. The molecule has 1 unspecified atom stereocenters. The van der Waals surface area contributed by atoms with E-state index in [0.29, 0.717) is 0 Å². The summed E-state index contributed by atoms with van der Waals surface area (Å²) < 4.78 is 7.48. The van der Waals surface area contributed by atoms with Gasteiger partial charge in [-0.25, -0.2) is 0 Å². The Labute approximate surface area is 104 Å². The molecule has 4 heteroatoms. The summed E-state index contributed by atoms with van der Waals surface area (Å²) in [5.74, 6) is 0. The molecule has 0 saturated carbocycles. The van der Waals surface area contributed by atoms with Gasteiger partial charge < -0.3 is 10.1 Å². The van der Waals surface area contributed by atoms with Gasteiger partial charge in [0.05, 0.1) is 11.8 Å². The molecule has 98 valence electrons. The van der Waals surface area contributed by atoms with Crippen LogP contribution in [0.4, 0.5) is 0 Å². The average molecular weight is 239 g/mol. The van der Waals surface area contributed by atoms with Crippen LogP contribution in [0, 0.1) is 0 Å². The predicted molar refractivity (Wildman–Crippen MR) is 70.0 cm³/mol. The van der Waals surface area contributed by atoms with Crippen molar-refractivity contribution < 1.29 is 4.74 Å². The zero-order valence-electron chi connectivity index (χ0n) is 11.7. The molecule has 4 nitrogen and oxygen atoms in total. The number of rotatable bonds is 7. The lowest BCUT2D eigenvalue weighted by atomic mass is 9.95. The lowest BCUT2D eigenvalue weighted by Gasteiger charge is -2.27. The van der Waals surface area contributed by atoms with Gasteiger partial charge in [-0.2, -0.15) is 5.10 Å². The van der Waals surface area contributed by atoms with E-state index in [-0.39, 0.29) is 11.6 Å². The molecule has 1 atom stereocenters. The van der Waals surface area contributed by atoms with Gasteiger partial charge in [-0.3, -0.25) is 4.68 Å². The van der Waals surface area contributed by atoms with Crippen molar-refractivity contribution in [3.8, 4) is 0 Å². The molecular formula is C13H25N3O. The van der Waals surface area contributed by atoms with Crippen LogP contribution in [0.15, 0.2) is 12.4 Å². The first kappa shape index (κ1) is 14.2. The standard InChI is InChI=1S/C13H25N3O/c1-6-7-16-10-11(9-15-16)12(14-4)8-13(2,3)17-5/h9-10,12,14H,6-8H2,1-5H3. The lowest BCUT2D eigenvalue weighted by Crippen LogP contribution is -2.30. The molecule has 1 N–H and O–H groups in total. The molecule has 0 saturated heterocycles. The van der Waals surface area contributed by atoms with E-state index in [1.807, 2.05) is 17.9 Å². The molecule has 1 aromatic rings. The van der Waals surface area contributed by atoms with E-state index < -0.39 is 0 Å². The van der Waals surface area contributed by atoms with Gasteiger partial charge in [0.2, 0.25) is 0 Å². The third kappa shape index (κ3) is 4.13. The molecule has 0 bridgehead atoms. The minimum atomic E-state index is -0.124. The van der Waals surface area contributed by atoms with E-state index in [1.54, 1.807) is 7.11 Å². The van der Waals surface area contributed by atoms with Crippen LogP contribution in [0.1, 0.15) is 45.2 Å². The van der Waals surface area contributed by atoms with E-state index in [9.17, 15) is 0 Å². The molecule has 17 heavy (non-hydrogen) atoms. The molecule has 0 radical (unpaired) electrons. The number of hydrogen-bond donors (Lipinski definition) is 1. The van der Waals surface area contributed by atoms with Gasteiger partial charge in [-0.15, -0.1) is 0 Å². The molecule has 1 aromatic heterocycles. The Morgan fingerprint density at radius 3 is 2.76 bits per heavy atom. The fourth-order valence-corrected chi connectivity index (χ4v) is 1.87. The molecule has 1 heterocycles. The van der Waals surface area contributed by atoms with Gasteiger partial charge in [-0.05, 0) is 33.7 Å². The largest absolute Gasteiger partial charge is 0.379 e. The maximum atomic E-state index is 5.48. The second-order valence-corrected chi connectivity index (χ2v) is 5.05. The summed E-state index contributed by atoms with van der Waals surface area (Å²) in [7, 11) is 3.74. The van der Waals surface area contributed by atoms with Crippen LogP contribution < -0.4 is 5.32 Å². The van der Waals surface area contributed by atoms with Crippen molar-refractivity contribution in [3.05, 3.63) is 18.0 Å². The van der Waals surface area contributed by atoms with Crippen molar-refractivity contribution in [2.45, 2.75) is 51.8 Å². The number of nitrogens with zero attached hydrogens (tertiary/aromatic N) is 2. The monoisotopic (exact) mass is 239 g/mol. The third-order valence-electron chi connectivity index (χ3n) is 3.11. The van der Waals surface area contributed by atoms with E-state index in [0.717, 1.165) is 19.4 Å². The lowest BCUT2D eigenvalue weighted by molar-refractivity contribution is 0.00744. The number of ether oxygens (including phenoxy) is 1. The van der Waals surface area contributed by atoms with Gasteiger partial charge in [0, 0.05) is 31.5 Å². The van der Waals surface area contributed by atoms with E-state index in [2.05, 4.69) is 37.4 Å². The molecule has 1 rings (SSSR count). The minimum Gasteiger partial charge on any atom is -0.379 e. The Morgan fingerprint density at radius 1 is 1.53 bits per heavy atom. The molecule has 0 fully saturated rings. The second kappa shape index (κ2) is 6.17. The zero-order chi connectivity index (χ0) is 12.9. The van der Waals surface area contributed by atoms with E-state index in [4.69, 9.17) is 4.74 Å². The Balaban J connectivity index is 2.72. The number of methoxy groups -OCH3 is 1. The highest BCUT2D eigenvalue weighted by Gasteiger charge is 2.23. The summed E-state index contributed by atoms with van der Waals surface area (Å²) in [6.45, 7) is 7.34. The molecule has 0 aliphatic carbocycles. The predicted octanol–water partition coefficient (Wildman–Crippen LogP) is 2.37. The maximum Gasteiger partial charge on any atom is 0.0640 e. The number of hydrogen-bond acceptors (Lipinski definition) is 3. The van der Waals surface area contributed by atoms with E-state index in [1.165, 1.54) is 5.56 Å². The van der Waals surface area contributed by atoms with Crippen molar-refractivity contribution in [1.29, 1.82) is 0 Å². The number of nitrogens with one attached hydrogen (secondary N) is 1. The maximum absolute atomic E-state index is 5.48. The highest BCUT2D eigenvalue weighted by molar-refractivity contribution is 5.11. The average Bonchev–Trinajstić information content (AvgIpc) is 2.75. The van der Waals surface area contributed by atoms with Gasteiger partial charge in [0.1, 0.15) is 0 Å².